The summed E-state index contributed by atoms with van der Waals surface area (Å²) in [5, 5.41) is 2.28. The number of benzene rings is 7. The molecule has 0 N–H and O–H groups in total. The zero-order chi connectivity index (χ0) is 36.9. The second-order valence-electron chi connectivity index (χ2n) is 13.9. The third kappa shape index (κ3) is 6.02. The van der Waals surface area contributed by atoms with Gasteiger partial charge in [0.25, 0.3) is 0 Å². The van der Waals surface area contributed by atoms with E-state index in [0.717, 1.165) is 89.2 Å². The smallest absolute Gasteiger partial charge is 0.188 e. The van der Waals surface area contributed by atoms with Crippen LogP contribution in [-0.2, 0) is 28.1 Å². The average Bonchev–Trinajstić information content (AvgIpc) is 3.76. The van der Waals surface area contributed by atoms with Gasteiger partial charge in [-0.3, -0.25) is 0 Å². The van der Waals surface area contributed by atoms with E-state index in [4.69, 9.17) is 4.98 Å². The number of nitrogens with zero attached hydrogens (tertiary/aromatic N) is 5. The number of aryl methyl sites for hydroxylation is 2. The number of hydrogen-bond acceptors (Lipinski definition) is 2. The zero-order valence-corrected chi connectivity index (χ0v) is 33.1. The van der Waals surface area contributed by atoms with Gasteiger partial charge in [-0.2, -0.15) is 12.1 Å². The van der Waals surface area contributed by atoms with Gasteiger partial charge in [-0.05, 0) is 59.3 Å². The molecule has 0 fully saturated rings. The normalized spacial score (nSPS) is 11.2. The van der Waals surface area contributed by atoms with Crippen molar-refractivity contribution in [2.24, 2.45) is 7.05 Å². The Labute approximate surface area is 340 Å². The van der Waals surface area contributed by atoms with Crippen LogP contribution in [0.25, 0.3) is 66.6 Å². The Morgan fingerprint density at radius 1 is 0.571 bits per heavy atom. The molecule has 5 nitrogen and oxygen atoms in total. The molecule has 3 aromatic heterocycles. The number of hydrogen-bond donors (Lipinski definition) is 0. The molecular weight excluding hydrogens is 866 g/mol. The molecule has 10 aromatic rings. The summed E-state index contributed by atoms with van der Waals surface area (Å²) in [5.74, 6) is 0.863. The first-order valence-electron chi connectivity index (χ1n) is 18.5. The molecule has 0 aliphatic carbocycles. The first-order valence-corrected chi connectivity index (χ1v) is 18.5. The minimum absolute atomic E-state index is 0. The van der Waals surface area contributed by atoms with E-state index in [-0.39, 0.29) is 21.1 Å². The van der Waals surface area contributed by atoms with Crippen LogP contribution in [0.2, 0.25) is 0 Å². The summed E-state index contributed by atoms with van der Waals surface area (Å²) in [6.45, 7) is 2.11. The molecule has 0 saturated carbocycles. The Morgan fingerprint density at radius 3 is 1.91 bits per heavy atom. The Bertz CT molecular complexity index is 2960. The van der Waals surface area contributed by atoms with Gasteiger partial charge in [0.15, 0.2) is 17.4 Å². The number of rotatable bonds is 7. The van der Waals surface area contributed by atoms with Crippen molar-refractivity contribution in [2.75, 3.05) is 4.90 Å². The molecule has 0 aliphatic heterocycles. The Kier molecular flexibility index (Phi) is 9.17. The van der Waals surface area contributed by atoms with Gasteiger partial charge < -0.3 is 9.47 Å². The monoisotopic (exact) mass is 901 g/mol. The van der Waals surface area contributed by atoms with Crippen LogP contribution in [-0.4, -0.2) is 18.7 Å². The molecule has 0 unspecified atom stereocenters. The maximum atomic E-state index is 4.87. The SMILES string of the molecule is Cc1ccnc(-n2c3[c-]c(N(c4[c-]c(-n5[cH+]n(C)c6ccccc65)ccc4)c4c(-c5ccccc5)cccc4-c4ccccc4)ccc3c3ccccc32)c1.[Pt]. The van der Waals surface area contributed by atoms with E-state index in [1.165, 1.54) is 0 Å². The second kappa shape index (κ2) is 14.6. The molecule has 7 aromatic carbocycles. The maximum Gasteiger partial charge on any atom is 0.188 e. The van der Waals surface area contributed by atoms with Crippen LogP contribution >= 0.6 is 0 Å². The fourth-order valence-electron chi connectivity index (χ4n) is 7.92. The summed E-state index contributed by atoms with van der Waals surface area (Å²) in [4.78, 5) is 7.21. The first kappa shape index (κ1) is 35.2. The largest absolute Gasteiger partial charge is 0.357 e. The molecule has 6 heteroatoms. The van der Waals surface area contributed by atoms with Gasteiger partial charge in [-0.15, -0.1) is 29.7 Å². The van der Waals surface area contributed by atoms with Crippen molar-refractivity contribution in [3.8, 4) is 33.8 Å². The average molecular weight is 902 g/mol. The zero-order valence-electron chi connectivity index (χ0n) is 30.9. The van der Waals surface area contributed by atoms with Gasteiger partial charge in [0.05, 0.1) is 5.69 Å². The summed E-state index contributed by atoms with van der Waals surface area (Å²) in [7, 11) is 2.09. The van der Waals surface area contributed by atoms with Crippen molar-refractivity contribution in [1.29, 1.82) is 0 Å². The molecule has 0 radical (unpaired) electrons. The quantitative estimate of drug-likeness (QED) is 0.149. The van der Waals surface area contributed by atoms with E-state index in [9.17, 15) is 0 Å². The van der Waals surface area contributed by atoms with Crippen molar-refractivity contribution in [1.82, 2.24) is 18.7 Å². The molecule has 272 valence electrons. The molecule has 0 bridgehead atoms. The number of para-hydroxylation sites is 4. The van der Waals surface area contributed by atoms with E-state index in [1.807, 2.05) is 12.3 Å². The fraction of sp³-hybridized carbons (Fsp3) is 0.0400. The van der Waals surface area contributed by atoms with Gasteiger partial charge >= 0.3 is 0 Å². The molecule has 0 atom stereocenters. The predicted octanol–water partition coefficient (Wildman–Crippen LogP) is 12.5. The van der Waals surface area contributed by atoms with Gasteiger partial charge in [0, 0.05) is 68.8 Å². The van der Waals surface area contributed by atoms with Crippen molar-refractivity contribution in [3.63, 3.8) is 0 Å². The van der Waals surface area contributed by atoms with Crippen LogP contribution < -0.4 is 4.90 Å². The number of pyridine rings is 1. The summed E-state index contributed by atoms with van der Waals surface area (Å²) in [6, 6.07) is 67.8. The van der Waals surface area contributed by atoms with Gasteiger partial charge in [-0.1, -0.05) is 120 Å². The van der Waals surface area contributed by atoms with Crippen LogP contribution in [0.4, 0.5) is 17.1 Å². The standard InChI is InChI=1S/C50H36N5.Pt/c1-35-29-30-51-49(31-35)55-45-24-10-9-21-43(45)44-28-27-40(33-48(44)55)54(39-20-13-19-38(32-39)53-34-52(2)46-25-11-12-26-47(46)53)50-41(36-15-5-3-6-16-36)22-14-23-42(50)37-17-7-4-8-18-37;/h3-31,34H,1-2H3;/q-1;. The number of aromatic nitrogens is 4. The van der Waals surface area contributed by atoms with Gasteiger partial charge in [0.2, 0.25) is 0 Å². The van der Waals surface area contributed by atoms with Crippen LogP contribution in [0.1, 0.15) is 5.56 Å². The van der Waals surface area contributed by atoms with E-state index in [2.05, 4.69) is 215 Å². The molecule has 0 amide bonds. The molecule has 10 rings (SSSR count). The van der Waals surface area contributed by atoms with E-state index in [0.29, 0.717) is 0 Å². The van der Waals surface area contributed by atoms with Crippen molar-refractivity contribution < 1.29 is 21.1 Å². The third-order valence-electron chi connectivity index (χ3n) is 10.4. The van der Waals surface area contributed by atoms with E-state index < -0.39 is 0 Å². The Morgan fingerprint density at radius 2 is 1.20 bits per heavy atom. The van der Waals surface area contributed by atoms with Crippen molar-refractivity contribution in [3.05, 3.63) is 200 Å². The summed E-state index contributed by atoms with van der Waals surface area (Å²) >= 11 is 0. The Hall–Kier alpha value is -6.55. The molecule has 0 spiro atoms. The Balaban J connectivity index is 0.00000410. The number of fused-ring (bicyclic) bond motifs is 4. The van der Waals surface area contributed by atoms with Crippen molar-refractivity contribution in [2.45, 2.75) is 6.92 Å². The topological polar surface area (TPSA) is 30.9 Å². The van der Waals surface area contributed by atoms with Gasteiger partial charge in [-0.25, -0.2) is 14.1 Å². The molecule has 0 aliphatic rings. The van der Waals surface area contributed by atoms with E-state index >= 15 is 0 Å². The summed E-state index contributed by atoms with van der Waals surface area (Å²) < 4.78 is 6.62. The maximum absolute atomic E-state index is 4.87. The second-order valence-corrected chi connectivity index (χ2v) is 13.9. The predicted molar refractivity (Wildman–Crippen MR) is 227 cm³/mol. The van der Waals surface area contributed by atoms with Crippen LogP contribution in [0.15, 0.2) is 182 Å². The van der Waals surface area contributed by atoms with Crippen molar-refractivity contribution >= 4 is 49.9 Å². The minimum atomic E-state index is 0. The van der Waals surface area contributed by atoms with Crippen LogP contribution in [0, 0.1) is 19.1 Å². The van der Waals surface area contributed by atoms with Crippen LogP contribution in [0.5, 0.6) is 0 Å². The first-order chi connectivity index (χ1) is 27.1. The molecule has 0 saturated heterocycles. The number of imidazole rings is 1. The molecular formula is C50H36N5Pt-. The molecule has 56 heavy (non-hydrogen) atoms. The van der Waals surface area contributed by atoms with E-state index in [1.54, 1.807) is 0 Å². The third-order valence-corrected chi connectivity index (χ3v) is 10.4. The number of anilines is 3. The summed E-state index contributed by atoms with van der Waals surface area (Å²) in [6.07, 6.45) is 4.01. The molecule has 3 heterocycles. The minimum Gasteiger partial charge on any atom is -0.357 e. The summed E-state index contributed by atoms with van der Waals surface area (Å²) in [5.41, 5.74) is 13.7. The fourth-order valence-corrected chi connectivity index (χ4v) is 7.92. The van der Waals surface area contributed by atoms with Gasteiger partial charge in [0.1, 0.15) is 5.82 Å². The van der Waals surface area contributed by atoms with Crippen LogP contribution in [0.3, 0.4) is 0 Å².